The van der Waals surface area contributed by atoms with E-state index >= 15 is 0 Å². The van der Waals surface area contributed by atoms with Gasteiger partial charge in [-0.25, -0.2) is 9.37 Å². The van der Waals surface area contributed by atoms with Crippen LogP contribution in [0.15, 0.2) is 36.5 Å². The number of hydrogen-bond donors (Lipinski definition) is 1. The summed E-state index contributed by atoms with van der Waals surface area (Å²) in [7, 11) is 0. The van der Waals surface area contributed by atoms with Crippen LogP contribution in [0.3, 0.4) is 0 Å². The van der Waals surface area contributed by atoms with Gasteiger partial charge >= 0.3 is 6.18 Å². The Morgan fingerprint density at radius 3 is 2.61 bits per heavy atom. The summed E-state index contributed by atoms with van der Waals surface area (Å²) in [6, 6.07) is 6.98. The van der Waals surface area contributed by atoms with Gasteiger partial charge in [0.25, 0.3) is 0 Å². The van der Waals surface area contributed by atoms with Crippen LogP contribution in [0.2, 0.25) is 0 Å². The third-order valence-electron chi connectivity index (χ3n) is 5.20. The summed E-state index contributed by atoms with van der Waals surface area (Å²) in [5.74, 6) is -0.903. The fourth-order valence-electron chi connectivity index (χ4n) is 3.89. The summed E-state index contributed by atoms with van der Waals surface area (Å²) >= 11 is 5.31. The number of hydrogen-bond acceptors (Lipinski definition) is 5. The van der Waals surface area contributed by atoms with Crippen molar-refractivity contribution in [3.8, 4) is 5.75 Å². The molecule has 1 saturated heterocycles. The summed E-state index contributed by atoms with van der Waals surface area (Å²) < 4.78 is 62.0. The number of nitrogens with one attached hydrogen (secondary N) is 1. The minimum Gasteiger partial charge on any atom is -0.483 e. The molecule has 5 nitrogen and oxygen atoms in total. The zero-order valence-corrected chi connectivity index (χ0v) is 19.2. The molecule has 1 aromatic heterocycles. The highest BCUT2D eigenvalue weighted by atomic mass is 32.1. The van der Waals surface area contributed by atoms with Gasteiger partial charge in [-0.05, 0) is 44.5 Å². The van der Waals surface area contributed by atoms with Crippen molar-refractivity contribution in [1.29, 1.82) is 0 Å². The molecule has 1 fully saturated rings. The number of aromatic nitrogens is 1. The standard InChI is InChI=1S/C23H24F4N2O3S/c1-21(2)12-22(3,29-20(33)11-32-21)16-8-14(4-6-17(16)24)9-19(30)18-7-5-15(10-28-18)31-13-23(25,26)27/h4-8,10H,9,11-13H2,1-3H3,(H,29,33)/t22-/m0/s1. The summed E-state index contributed by atoms with van der Waals surface area (Å²) in [6.45, 7) is 4.42. The molecule has 0 saturated carbocycles. The number of halogens is 4. The molecule has 0 bridgehead atoms. The molecule has 0 aliphatic carbocycles. The topological polar surface area (TPSA) is 60.5 Å². The number of nitrogens with zero attached hydrogens (tertiary/aromatic N) is 1. The Hall–Kier alpha value is -2.59. The van der Waals surface area contributed by atoms with Gasteiger partial charge in [-0.1, -0.05) is 24.4 Å². The van der Waals surface area contributed by atoms with Crippen molar-refractivity contribution in [2.75, 3.05) is 13.2 Å². The van der Waals surface area contributed by atoms with E-state index in [-0.39, 0.29) is 30.3 Å². The van der Waals surface area contributed by atoms with E-state index in [2.05, 4.69) is 15.0 Å². The highest BCUT2D eigenvalue weighted by Crippen LogP contribution is 2.36. The van der Waals surface area contributed by atoms with Crippen LogP contribution >= 0.6 is 12.2 Å². The van der Waals surface area contributed by atoms with Crippen molar-refractivity contribution < 1.29 is 31.8 Å². The lowest BCUT2D eigenvalue weighted by Gasteiger charge is -2.35. The van der Waals surface area contributed by atoms with Gasteiger partial charge < -0.3 is 14.8 Å². The number of thiocarbonyl (C=S) groups is 1. The van der Waals surface area contributed by atoms with Crippen LogP contribution in [-0.2, 0) is 16.7 Å². The molecule has 2 aromatic rings. The van der Waals surface area contributed by atoms with Gasteiger partial charge in [-0.3, -0.25) is 4.79 Å². The maximum atomic E-state index is 14.9. The van der Waals surface area contributed by atoms with Crippen molar-refractivity contribution in [2.24, 2.45) is 0 Å². The second-order valence-corrected chi connectivity index (χ2v) is 9.30. The molecular weight excluding hydrogens is 460 g/mol. The average Bonchev–Trinajstić information content (AvgIpc) is 2.82. The number of Topliss-reactive ketones (excluding diaryl/α,β-unsaturated/α-hetero) is 1. The number of ketones is 1. The van der Waals surface area contributed by atoms with E-state index in [4.69, 9.17) is 17.0 Å². The first-order valence-corrected chi connectivity index (χ1v) is 10.6. The first-order chi connectivity index (χ1) is 15.3. The van der Waals surface area contributed by atoms with E-state index in [1.165, 1.54) is 24.3 Å². The summed E-state index contributed by atoms with van der Waals surface area (Å²) in [4.78, 5) is 17.0. The van der Waals surface area contributed by atoms with E-state index in [1.54, 1.807) is 6.07 Å². The number of benzene rings is 1. The van der Waals surface area contributed by atoms with E-state index in [9.17, 15) is 22.4 Å². The molecule has 0 radical (unpaired) electrons. The number of pyridine rings is 1. The average molecular weight is 485 g/mol. The third-order valence-corrected chi connectivity index (χ3v) is 5.42. The Labute approximate surface area is 194 Å². The molecule has 1 aromatic carbocycles. The zero-order valence-electron chi connectivity index (χ0n) is 18.4. The molecule has 33 heavy (non-hydrogen) atoms. The van der Waals surface area contributed by atoms with Gasteiger partial charge in [-0.2, -0.15) is 13.2 Å². The van der Waals surface area contributed by atoms with E-state index in [1.807, 2.05) is 20.8 Å². The lowest BCUT2D eigenvalue weighted by atomic mass is 9.81. The monoisotopic (exact) mass is 484 g/mol. The predicted molar refractivity (Wildman–Crippen MR) is 118 cm³/mol. The van der Waals surface area contributed by atoms with E-state index in [0.717, 1.165) is 6.20 Å². The Balaban J connectivity index is 1.78. The molecule has 1 N–H and O–H groups in total. The van der Waals surface area contributed by atoms with Gasteiger partial charge in [0, 0.05) is 18.4 Å². The summed E-state index contributed by atoms with van der Waals surface area (Å²) in [6.07, 6.45) is -3.03. The molecule has 1 aliphatic heterocycles. The predicted octanol–water partition coefficient (Wildman–Crippen LogP) is 4.92. The lowest BCUT2D eigenvalue weighted by molar-refractivity contribution is -0.153. The van der Waals surface area contributed by atoms with Crippen LogP contribution in [0.1, 0.15) is 48.8 Å². The first-order valence-electron chi connectivity index (χ1n) is 10.2. The normalized spacial score (nSPS) is 20.6. The van der Waals surface area contributed by atoms with Crippen molar-refractivity contribution >= 4 is 23.0 Å². The Bertz CT molecular complexity index is 1040. The fraction of sp³-hybridized carbons (Fsp3) is 0.435. The molecule has 178 valence electrons. The lowest BCUT2D eigenvalue weighted by Crippen LogP contribution is -2.45. The smallest absolute Gasteiger partial charge is 0.422 e. The highest BCUT2D eigenvalue weighted by Gasteiger charge is 2.39. The highest BCUT2D eigenvalue weighted by molar-refractivity contribution is 7.80. The Morgan fingerprint density at radius 1 is 1.24 bits per heavy atom. The van der Waals surface area contributed by atoms with Crippen molar-refractivity contribution in [3.05, 3.63) is 59.2 Å². The van der Waals surface area contributed by atoms with Crippen molar-refractivity contribution in [2.45, 2.75) is 50.9 Å². The number of carbonyl (C=O) groups is 1. The maximum Gasteiger partial charge on any atom is 0.422 e. The summed E-state index contributed by atoms with van der Waals surface area (Å²) in [5, 5.41) is 3.18. The third kappa shape index (κ3) is 6.70. The van der Waals surface area contributed by atoms with Crippen LogP contribution < -0.4 is 10.1 Å². The molecule has 0 amide bonds. The first kappa shape index (κ1) is 25.0. The second kappa shape index (κ2) is 9.34. The number of rotatable bonds is 6. The van der Waals surface area contributed by atoms with Crippen molar-refractivity contribution in [1.82, 2.24) is 10.3 Å². The Morgan fingerprint density at radius 2 is 1.97 bits per heavy atom. The van der Waals surface area contributed by atoms with Gasteiger partial charge in [0.05, 0.1) is 23.9 Å². The zero-order chi connectivity index (χ0) is 24.4. The maximum absolute atomic E-state index is 14.9. The quantitative estimate of drug-likeness (QED) is 0.357. The number of carbonyl (C=O) groups excluding carboxylic acids is 1. The van der Waals surface area contributed by atoms with Crippen molar-refractivity contribution in [3.63, 3.8) is 0 Å². The molecule has 3 rings (SSSR count). The van der Waals surface area contributed by atoms with Crippen LogP contribution in [0.25, 0.3) is 0 Å². The Kier molecular flexibility index (Phi) is 7.09. The minimum absolute atomic E-state index is 0.0646. The molecule has 1 atom stereocenters. The molecule has 2 heterocycles. The molecular formula is C23H24F4N2O3S. The molecule has 0 unspecified atom stereocenters. The molecule has 0 spiro atoms. The molecule has 10 heteroatoms. The van der Waals surface area contributed by atoms with Gasteiger partial charge in [0.1, 0.15) is 22.2 Å². The van der Waals surface area contributed by atoms with Crippen LogP contribution in [-0.4, -0.2) is 40.7 Å². The largest absolute Gasteiger partial charge is 0.483 e. The van der Waals surface area contributed by atoms with Gasteiger partial charge in [-0.15, -0.1) is 0 Å². The van der Waals surface area contributed by atoms with Crippen LogP contribution in [0, 0.1) is 5.82 Å². The SMILES string of the molecule is CC1(C)C[C@@](C)(c2cc(CC(=O)c3ccc(OCC(F)(F)F)cn3)ccc2F)NC(=S)CO1. The van der Waals surface area contributed by atoms with Gasteiger partial charge in [0.15, 0.2) is 12.4 Å². The van der Waals surface area contributed by atoms with Crippen LogP contribution in [0.4, 0.5) is 17.6 Å². The minimum atomic E-state index is -4.47. The van der Waals surface area contributed by atoms with Gasteiger partial charge in [0.2, 0.25) is 0 Å². The fourth-order valence-corrected chi connectivity index (χ4v) is 4.18. The number of alkyl halides is 3. The molecule has 1 aliphatic rings. The summed E-state index contributed by atoms with van der Waals surface area (Å²) in [5.41, 5.74) is -0.420. The number of ether oxygens (including phenoxy) is 2. The van der Waals surface area contributed by atoms with E-state index in [0.29, 0.717) is 22.5 Å². The van der Waals surface area contributed by atoms with Crippen LogP contribution in [0.5, 0.6) is 5.75 Å². The van der Waals surface area contributed by atoms with E-state index < -0.39 is 29.7 Å². The second-order valence-electron chi connectivity index (χ2n) is 8.80.